The zero-order valence-electron chi connectivity index (χ0n) is 12.0. The minimum atomic E-state index is 0.186. The molecule has 4 heteroatoms. The number of hydrogen-bond donors (Lipinski definition) is 1. The summed E-state index contributed by atoms with van der Waals surface area (Å²) in [5.41, 5.74) is 10.1. The van der Waals surface area contributed by atoms with Gasteiger partial charge in [0.05, 0.1) is 17.5 Å². The molecule has 0 aliphatic rings. The molecule has 2 N–H and O–H groups in total. The van der Waals surface area contributed by atoms with Crippen LogP contribution in [-0.2, 0) is 13.6 Å². The fourth-order valence-electron chi connectivity index (χ4n) is 2.29. The Balaban J connectivity index is 2.37. The van der Waals surface area contributed by atoms with Crippen LogP contribution in [-0.4, -0.2) is 15.9 Å². The Bertz CT molecular complexity index is 556. The van der Waals surface area contributed by atoms with Gasteiger partial charge in [0.25, 0.3) is 0 Å². The molecule has 0 bridgehead atoms. The molecule has 102 valence electrons. The van der Waals surface area contributed by atoms with Crippen LogP contribution in [0.15, 0.2) is 24.3 Å². The summed E-state index contributed by atoms with van der Waals surface area (Å²) >= 11 is 0. The summed E-state index contributed by atoms with van der Waals surface area (Å²) in [6.45, 7) is 6.53. The van der Waals surface area contributed by atoms with Crippen molar-refractivity contribution in [3.8, 4) is 16.9 Å². The first-order valence-electron chi connectivity index (χ1n) is 6.52. The number of nitrogens with two attached hydrogens (primary N) is 1. The quantitative estimate of drug-likeness (QED) is 0.918. The second-order valence-electron chi connectivity index (χ2n) is 4.93. The molecule has 1 aromatic heterocycles. The van der Waals surface area contributed by atoms with Gasteiger partial charge in [-0.15, -0.1) is 0 Å². The summed E-state index contributed by atoms with van der Waals surface area (Å²) in [6.07, 6.45) is 0.186. The maximum Gasteiger partial charge on any atom is 0.119 e. The third kappa shape index (κ3) is 2.79. The molecule has 0 atom stereocenters. The van der Waals surface area contributed by atoms with Crippen LogP contribution in [0.3, 0.4) is 0 Å². The van der Waals surface area contributed by atoms with E-state index in [1.165, 1.54) is 0 Å². The number of rotatable bonds is 4. The van der Waals surface area contributed by atoms with E-state index in [0.717, 1.165) is 28.3 Å². The predicted molar refractivity (Wildman–Crippen MR) is 77.0 cm³/mol. The first kappa shape index (κ1) is 13.6. The molecule has 0 aliphatic heterocycles. The van der Waals surface area contributed by atoms with Gasteiger partial charge in [0.15, 0.2) is 0 Å². The number of nitrogens with zero attached hydrogens (tertiary/aromatic N) is 2. The highest BCUT2D eigenvalue weighted by atomic mass is 16.5. The van der Waals surface area contributed by atoms with Gasteiger partial charge in [0.2, 0.25) is 0 Å². The van der Waals surface area contributed by atoms with E-state index in [-0.39, 0.29) is 6.10 Å². The first-order valence-corrected chi connectivity index (χ1v) is 6.52. The van der Waals surface area contributed by atoms with Crippen molar-refractivity contribution < 1.29 is 4.74 Å². The van der Waals surface area contributed by atoms with E-state index in [1.807, 2.05) is 44.6 Å². The first-order chi connectivity index (χ1) is 9.02. The summed E-state index contributed by atoms with van der Waals surface area (Å²) in [5.74, 6) is 0.884. The average molecular weight is 259 g/mol. The van der Waals surface area contributed by atoms with Crippen LogP contribution >= 0.6 is 0 Å². The van der Waals surface area contributed by atoms with E-state index in [9.17, 15) is 0 Å². The van der Waals surface area contributed by atoms with Gasteiger partial charge in [-0.2, -0.15) is 5.10 Å². The maximum atomic E-state index is 5.81. The van der Waals surface area contributed by atoms with Crippen molar-refractivity contribution in [2.75, 3.05) is 0 Å². The summed E-state index contributed by atoms with van der Waals surface area (Å²) in [4.78, 5) is 0. The highest BCUT2D eigenvalue weighted by molar-refractivity contribution is 5.69. The van der Waals surface area contributed by atoms with Crippen molar-refractivity contribution in [1.82, 2.24) is 9.78 Å². The molecular formula is C15H21N3O. The normalized spacial score (nSPS) is 11.1. The minimum Gasteiger partial charge on any atom is -0.491 e. The zero-order chi connectivity index (χ0) is 14.0. The highest BCUT2D eigenvalue weighted by Gasteiger charge is 2.13. The number of hydrogen-bond acceptors (Lipinski definition) is 3. The molecule has 1 aromatic carbocycles. The number of aromatic nitrogens is 2. The number of benzene rings is 1. The van der Waals surface area contributed by atoms with Crippen molar-refractivity contribution in [2.45, 2.75) is 33.4 Å². The topological polar surface area (TPSA) is 53.1 Å². The number of ether oxygens (including phenoxy) is 1. The van der Waals surface area contributed by atoms with E-state index < -0.39 is 0 Å². The molecule has 0 saturated carbocycles. The maximum absolute atomic E-state index is 5.81. The summed E-state index contributed by atoms with van der Waals surface area (Å²) in [6, 6.07) is 8.09. The summed E-state index contributed by atoms with van der Waals surface area (Å²) < 4.78 is 7.50. The lowest BCUT2D eigenvalue weighted by molar-refractivity contribution is 0.242. The molecule has 0 saturated heterocycles. The van der Waals surface area contributed by atoms with Crippen LogP contribution in [0.4, 0.5) is 0 Å². The van der Waals surface area contributed by atoms with E-state index >= 15 is 0 Å². The van der Waals surface area contributed by atoms with Crippen LogP contribution in [0.1, 0.15) is 25.2 Å². The van der Waals surface area contributed by atoms with E-state index in [0.29, 0.717) is 6.54 Å². The lowest BCUT2D eigenvalue weighted by Crippen LogP contribution is -2.06. The van der Waals surface area contributed by atoms with E-state index in [4.69, 9.17) is 10.5 Å². The predicted octanol–water partition coefficient (Wildman–Crippen LogP) is 2.64. The summed E-state index contributed by atoms with van der Waals surface area (Å²) in [5, 5.41) is 4.43. The van der Waals surface area contributed by atoms with Gasteiger partial charge >= 0.3 is 0 Å². The Morgan fingerprint density at radius 3 is 2.42 bits per heavy atom. The van der Waals surface area contributed by atoms with Crippen LogP contribution in [0.5, 0.6) is 5.75 Å². The second-order valence-corrected chi connectivity index (χ2v) is 4.93. The molecule has 0 unspecified atom stereocenters. The Kier molecular flexibility index (Phi) is 3.90. The molecule has 2 rings (SSSR count). The molecule has 4 nitrogen and oxygen atoms in total. The van der Waals surface area contributed by atoms with Crippen molar-refractivity contribution in [1.29, 1.82) is 0 Å². The molecular weight excluding hydrogens is 238 g/mol. The highest BCUT2D eigenvalue weighted by Crippen LogP contribution is 2.28. The Labute approximate surface area is 114 Å². The van der Waals surface area contributed by atoms with Crippen LogP contribution in [0.2, 0.25) is 0 Å². The van der Waals surface area contributed by atoms with Crippen molar-refractivity contribution in [3.05, 3.63) is 35.7 Å². The largest absolute Gasteiger partial charge is 0.491 e. The lowest BCUT2D eigenvalue weighted by atomic mass is 10.0. The number of aryl methyl sites for hydroxylation is 2. The van der Waals surface area contributed by atoms with Gasteiger partial charge in [0.1, 0.15) is 5.75 Å². The van der Waals surface area contributed by atoms with E-state index in [2.05, 4.69) is 17.2 Å². The zero-order valence-corrected chi connectivity index (χ0v) is 12.0. The molecule has 19 heavy (non-hydrogen) atoms. The molecule has 0 amide bonds. The van der Waals surface area contributed by atoms with Gasteiger partial charge in [-0.05, 0) is 38.5 Å². The van der Waals surface area contributed by atoms with E-state index in [1.54, 1.807) is 0 Å². The smallest absolute Gasteiger partial charge is 0.119 e. The molecule has 0 spiro atoms. The van der Waals surface area contributed by atoms with Gasteiger partial charge < -0.3 is 10.5 Å². The van der Waals surface area contributed by atoms with Gasteiger partial charge in [0, 0.05) is 19.2 Å². The lowest BCUT2D eigenvalue weighted by Gasteiger charge is -2.10. The van der Waals surface area contributed by atoms with Gasteiger partial charge in [-0.1, -0.05) is 12.1 Å². The van der Waals surface area contributed by atoms with Crippen molar-refractivity contribution in [2.24, 2.45) is 12.8 Å². The van der Waals surface area contributed by atoms with Crippen molar-refractivity contribution in [3.63, 3.8) is 0 Å². The fraction of sp³-hybridized carbons (Fsp3) is 0.400. The Morgan fingerprint density at radius 1 is 1.26 bits per heavy atom. The Morgan fingerprint density at radius 2 is 1.89 bits per heavy atom. The monoisotopic (exact) mass is 259 g/mol. The third-order valence-corrected chi connectivity index (χ3v) is 3.05. The van der Waals surface area contributed by atoms with Crippen LogP contribution < -0.4 is 10.5 Å². The molecule has 0 fully saturated rings. The molecule has 0 aliphatic carbocycles. The Hall–Kier alpha value is -1.81. The second kappa shape index (κ2) is 5.45. The van der Waals surface area contributed by atoms with Crippen LogP contribution in [0, 0.1) is 6.92 Å². The molecule has 1 heterocycles. The summed E-state index contributed by atoms with van der Waals surface area (Å²) in [7, 11) is 1.93. The standard InChI is InChI=1S/C15H21N3O/c1-10(2)19-13-7-5-12(6-8-13)15-11(3)17-18(4)14(15)9-16/h5-8,10H,9,16H2,1-4H3. The molecule has 0 radical (unpaired) electrons. The average Bonchev–Trinajstić information content (AvgIpc) is 2.64. The third-order valence-electron chi connectivity index (χ3n) is 3.05. The van der Waals surface area contributed by atoms with Gasteiger partial charge in [-0.25, -0.2) is 0 Å². The van der Waals surface area contributed by atoms with Crippen molar-refractivity contribution >= 4 is 0 Å². The van der Waals surface area contributed by atoms with Crippen LogP contribution in [0.25, 0.3) is 11.1 Å². The SMILES string of the molecule is Cc1nn(C)c(CN)c1-c1ccc(OC(C)C)cc1. The van der Waals surface area contributed by atoms with Gasteiger partial charge in [-0.3, -0.25) is 4.68 Å². The molecule has 2 aromatic rings. The minimum absolute atomic E-state index is 0.186. The fourth-order valence-corrected chi connectivity index (χ4v) is 2.29.